The average molecular weight is 284 g/mol. The van der Waals surface area contributed by atoms with Gasteiger partial charge in [-0.1, -0.05) is 25.9 Å². The molecule has 0 bridgehead atoms. The van der Waals surface area contributed by atoms with Crippen LogP contribution in [0.3, 0.4) is 0 Å². The highest BCUT2D eigenvalue weighted by molar-refractivity contribution is 5.98. The third-order valence-electron chi connectivity index (χ3n) is 2.21. The van der Waals surface area contributed by atoms with Crippen molar-refractivity contribution in [1.29, 1.82) is 0 Å². The Bertz CT molecular complexity index is 520. The Kier molecular flexibility index (Phi) is 4.12. The first-order valence-corrected chi connectivity index (χ1v) is 6.15. The average Bonchev–Trinajstić information content (AvgIpc) is 2.57. The Hall–Kier alpha value is -2.05. The van der Waals surface area contributed by atoms with E-state index in [0.717, 1.165) is 0 Å². The second-order valence-corrected chi connectivity index (χ2v) is 6.42. The summed E-state index contributed by atoms with van der Waals surface area (Å²) in [6, 6.07) is 0. The molecule has 0 fully saturated rings. The van der Waals surface area contributed by atoms with E-state index in [4.69, 9.17) is 9.26 Å². The zero-order valence-electron chi connectivity index (χ0n) is 12.5. The standard InChI is InChI=1S/C13H20N2O5/c1-12(2,3)8-7(10(16)17)9(15-20-8)14-11(18)19-13(4,5)6/h1-6H3,(H,16,17)(H,14,15,18). The quantitative estimate of drug-likeness (QED) is 0.865. The molecule has 7 heteroatoms. The number of carboxylic acid groups (broad SMARTS) is 1. The number of hydrogen-bond acceptors (Lipinski definition) is 5. The van der Waals surface area contributed by atoms with Gasteiger partial charge in [0, 0.05) is 5.41 Å². The number of ether oxygens (including phenoxy) is 1. The van der Waals surface area contributed by atoms with E-state index >= 15 is 0 Å². The van der Waals surface area contributed by atoms with Gasteiger partial charge in [0.05, 0.1) is 0 Å². The van der Waals surface area contributed by atoms with E-state index in [1.165, 1.54) is 0 Å². The van der Waals surface area contributed by atoms with Gasteiger partial charge in [0.25, 0.3) is 0 Å². The third kappa shape index (κ3) is 3.97. The lowest BCUT2D eigenvalue weighted by Gasteiger charge is -2.19. The molecule has 1 aromatic rings. The van der Waals surface area contributed by atoms with Crippen LogP contribution in [0.5, 0.6) is 0 Å². The number of nitrogens with one attached hydrogen (secondary N) is 1. The second kappa shape index (κ2) is 5.15. The maximum atomic E-state index is 11.7. The number of carbonyl (C=O) groups excluding carboxylic acids is 1. The lowest BCUT2D eigenvalue weighted by Crippen LogP contribution is -2.28. The smallest absolute Gasteiger partial charge is 0.413 e. The number of carboxylic acids is 1. The van der Waals surface area contributed by atoms with Gasteiger partial charge in [-0.2, -0.15) is 0 Å². The van der Waals surface area contributed by atoms with Crippen LogP contribution in [0.15, 0.2) is 4.52 Å². The summed E-state index contributed by atoms with van der Waals surface area (Å²) in [5.74, 6) is -1.19. The molecule has 0 radical (unpaired) electrons. The Balaban J connectivity index is 3.06. The van der Waals surface area contributed by atoms with Gasteiger partial charge in [-0.05, 0) is 20.8 Å². The van der Waals surface area contributed by atoms with Crippen LogP contribution in [0, 0.1) is 0 Å². The van der Waals surface area contributed by atoms with E-state index in [9.17, 15) is 14.7 Å². The lowest BCUT2D eigenvalue weighted by atomic mass is 9.90. The SMILES string of the molecule is CC(C)(C)OC(=O)Nc1noc(C(C)(C)C)c1C(=O)O. The summed E-state index contributed by atoms with van der Waals surface area (Å²) in [6.07, 6.45) is -0.784. The highest BCUT2D eigenvalue weighted by atomic mass is 16.6. The molecule has 1 aromatic heterocycles. The maximum Gasteiger partial charge on any atom is 0.413 e. The first-order chi connectivity index (χ1) is 8.92. The van der Waals surface area contributed by atoms with E-state index < -0.39 is 23.1 Å². The van der Waals surface area contributed by atoms with Crippen LogP contribution >= 0.6 is 0 Å². The highest BCUT2D eigenvalue weighted by Crippen LogP contribution is 2.30. The van der Waals surface area contributed by atoms with E-state index in [0.29, 0.717) is 0 Å². The van der Waals surface area contributed by atoms with E-state index in [1.54, 1.807) is 41.5 Å². The molecule has 0 aliphatic heterocycles. The van der Waals surface area contributed by atoms with Crippen molar-refractivity contribution in [3.63, 3.8) is 0 Å². The minimum atomic E-state index is -1.22. The molecule has 0 spiro atoms. The summed E-state index contributed by atoms with van der Waals surface area (Å²) in [6.45, 7) is 10.5. The van der Waals surface area contributed by atoms with E-state index in [1.807, 2.05) is 0 Å². The van der Waals surface area contributed by atoms with Crippen LogP contribution in [0.25, 0.3) is 0 Å². The van der Waals surface area contributed by atoms with Gasteiger partial charge in [0.15, 0.2) is 11.6 Å². The van der Waals surface area contributed by atoms with E-state index in [-0.39, 0.29) is 17.1 Å². The molecule has 0 atom stereocenters. The summed E-state index contributed by atoms with van der Waals surface area (Å²) in [5, 5.41) is 15.2. The van der Waals surface area contributed by atoms with Crippen LogP contribution in [-0.4, -0.2) is 27.9 Å². The summed E-state index contributed by atoms with van der Waals surface area (Å²) in [4.78, 5) is 23.0. The van der Waals surface area contributed by atoms with Crippen molar-refractivity contribution < 1.29 is 24.0 Å². The molecular formula is C13H20N2O5. The zero-order chi connectivity index (χ0) is 15.7. The number of carbonyl (C=O) groups is 2. The number of nitrogens with zero attached hydrogens (tertiary/aromatic N) is 1. The van der Waals surface area contributed by atoms with E-state index in [2.05, 4.69) is 10.5 Å². The van der Waals surface area contributed by atoms with Crippen LogP contribution in [-0.2, 0) is 10.2 Å². The topological polar surface area (TPSA) is 102 Å². The normalized spacial score (nSPS) is 12.1. The van der Waals surface area contributed by atoms with Gasteiger partial charge in [-0.15, -0.1) is 0 Å². The number of rotatable bonds is 2. The molecular weight excluding hydrogens is 264 g/mol. The monoisotopic (exact) mass is 284 g/mol. The van der Waals surface area contributed by atoms with Crippen LogP contribution in [0.4, 0.5) is 10.6 Å². The minimum absolute atomic E-state index is 0.156. The molecule has 1 heterocycles. The zero-order valence-corrected chi connectivity index (χ0v) is 12.5. The Labute approximate surface area is 117 Å². The van der Waals surface area contributed by atoms with Crippen molar-refractivity contribution in [3.05, 3.63) is 11.3 Å². The molecule has 20 heavy (non-hydrogen) atoms. The van der Waals surface area contributed by atoms with Crippen LogP contribution in [0.1, 0.15) is 57.7 Å². The fourth-order valence-electron chi connectivity index (χ4n) is 1.49. The predicted octanol–water partition coefficient (Wildman–Crippen LogP) is 3.02. The van der Waals surface area contributed by atoms with Gasteiger partial charge in [0.2, 0.25) is 0 Å². The number of aromatic nitrogens is 1. The van der Waals surface area contributed by atoms with Crippen LogP contribution < -0.4 is 5.32 Å². The summed E-state index contributed by atoms with van der Waals surface area (Å²) in [7, 11) is 0. The van der Waals surface area contributed by atoms with Gasteiger partial charge in [-0.25, -0.2) is 9.59 Å². The molecule has 0 unspecified atom stereocenters. The first kappa shape index (κ1) is 16.0. The fraction of sp³-hybridized carbons (Fsp3) is 0.615. The summed E-state index contributed by atoms with van der Waals surface area (Å²) in [5.41, 5.74) is -1.40. The van der Waals surface area contributed by atoms with Gasteiger partial charge < -0.3 is 14.4 Å². The number of amides is 1. The Morgan fingerprint density at radius 2 is 1.75 bits per heavy atom. The maximum absolute atomic E-state index is 11.7. The molecule has 112 valence electrons. The van der Waals surface area contributed by atoms with Crippen molar-refractivity contribution in [1.82, 2.24) is 5.16 Å². The number of hydrogen-bond donors (Lipinski definition) is 2. The fourth-order valence-corrected chi connectivity index (χ4v) is 1.49. The molecule has 1 rings (SSSR count). The van der Waals surface area contributed by atoms with Crippen molar-refractivity contribution in [2.75, 3.05) is 5.32 Å². The number of aromatic carboxylic acids is 1. The van der Waals surface area contributed by atoms with Gasteiger partial charge >= 0.3 is 12.1 Å². The third-order valence-corrected chi connectivity index (χ3v) is 2.21. The minimum Gasteiger partial charge on any atom is -0.477 e. The molecule has 0 saturated carbocycles. The Morgan fingerprint density at radius 3 is 2.15 bits per heavy atom. The number of anilines is 1. The molecule has 1 amide bonds. The first-order valence-electron chi connectivity index (χ1n) is 6.15. The van der Waals surface area contributed by atoms with Gasteiger partial charge in [0.1, 0.15) is 11.2 Å². The van der Waals surface area contributed by atoms with Crippen molar-refractivity contribution in [2.24, 2.45) is 0 Å². The summed E-state index contributed by atoms with van der Waals surface area (Å²) < 4.78 is 10.1. The van der Waals surface area contributed by atoms with Crippen molar-refractivity contribution in [3.8, 4) is 0 Å². The largest absolute Gasteiger partial charge is 0.477 e. The molecule has 2 N–H and O–H groups in total. The van der Waals surface area contributed by atoms with Crippen molar-refractivity contribution in [2.45, 2.75) is 52.6 Å². The van der Waals surface area contributed by atoms with Crippen molar-refractivity contribution >= 4 is 17.9 Å². The molecule has 7 nitrogen and oxygen atoms in total. The molecule has 0 saturated heterocycles. The second-order valence-electron chi connectivity index (χ2n) is 6.42. The summed E-state index contributed by atoms with van der Waals surface area (Å²) >= 11 is 0. The molecule has 0 aliphatic carbocycles. The lowest BCUT2D eigenvalue weighted by molar-refractivity contribution is 0.0634. The van der Waals surface area contributed by atoms with Crippen LogP contribution in [0.2, 0.25) is 0 Å². The highest BCUT2D eigenvalue weighted by Gasteiger charge is 2.32. The Morgan fingerprint density at radius 1 is 1.20 bits per heavy atom. The molecule has 0 aliphatic rings. The molecule has 0 aromatic carbocycles. The predicted molar refractivity (Wildman–Crippen MR) is 72.0 cm³/mol. The van der Waals surface area contributed by atoms with Gasteiger partial charge in [-0.3, -0.25) is 5.32 Å².